The smallest absolute Gasteiger partial charge is 0.324 e. The van der Waals surface area contributed by atoms with Gasteiger partial charge in [-0.05, 0) is 59.6 Å². The molecule has 2 aliphatic heterocycles. The van der Waals surface area contributed by atoms with Crippen molar-refractivity contribution in [1.29, 1.82) is 0 Å². The maximum atomic E-state index is 13.8. The van der Waals surface area contributed by atoms with Gasteiger partial charge in [0.2, 0.25) is 0 Å². The van der Waals surface area contributed by atoms with E-state index in [-0.39, 0.29) is 11.9 Å². The van der Waals surface area contributed by atoms with Crippen molar-refractivity contribution < 1.29 is 14.3 Å². The third kappa shape index (κ3) is 6.47. The molecule has 3 amide bonds. The van der Waals surface area contributed by atoms with Crippen molar-refractivity contribution in [2.75, 3.05) is 51.8 Å². The van der Waals surface area contributed by atoms with E-state index >= 15 is 0 Å². The number of anilines is 1. The van der Waals surface area contributed by atoms with Crippen LogP contribution in [0, 0.1) is 5.92 Å². The molecular formula is C39H44N6O3. The van der Waals surface area contributed by atoms with Gasteiger partial charge in [0.1, 0.15) is 0 Å². The van der Waals surface area contributed by atoms with Crippen molar-refractivity contribution in [3.05, 3.63) is 108 Å². The number of carbonyl (C=O) groups excluding carboxylic acids is 2. The van der Waals surface area contributed by atoms with E-state index in [1.54, 1.807) is 12.0 Å². The molecule has 0 atom stereocenters. The van der Waals surface area contributed by atoms with Crippen molar-refractivity contribution in [1.82, 2.24) is 23.9 Å². The Kier molecular flexibility index (Phi) is 9.29. The van der Waals surface area contributed by atoms with Crippen LogP contribution in [0.1, 0.15) is 40.9 Å². The summed E-state index contributed by atoms with van der Waals surface area (Å²) in [4.78, 5) is 37.6. The maximum Gasteiger partial charge on any atom is 0.324 e. The lowest BCUT2D eigenvalue weighted by molar-refractivity contribution is 0.0745. The number of ether oxygens (including phenoxy) is 1. The van der Waals surface area contributed by atoms with Crippen LogP contribution in [0.2, 0.25) is 0 Å². The molecule has 1 fully saturated rings. The summed E-state index contributed by atoms with van der Waals surface area (Å²) in [5.74, 6) is 0.426. The molecule has 0 aliphatic carbocycles. The Balaban J connectivity index is 1.06. The molecule has 0 bridgehead atoms. The Hall–Kier alpha value is -4.89. The number of urea groups is 1. The summed E-state index contributed by atoms with van der Waals surface area (Å²) in [5.41, 5.74) is 6.05. The first-order valence-electron chi connectivity index (χ1n) is 17.1. The van der Waals surface area contributed by atoms with Gasteiger partial charge in [-0.2, -0.15) is 0 Å². The second kappa shape index (κ2) is 14.1. The van der Waals surface area contributed by atoms with Crippen LogP contribution in [0.15, 0.2) is 91.6 Å². The molecule has 5 aromatic rings. The Morgan fingerprint density at radius 2 is 1.73 bits per heavy atom. The van der Waals surface area contributed by atoms with Crippen molar-refractivity contribution in [3.63, 3.8) is 0 Å². The molecule has 1 saturated heterocycles. The van der Waals surface area contributed by atoms with Gasteiger partial charge in [0, 0.05) is 76.7 Å². The number of aromatic nitrogens is 3. The molecule has 248 valence electrons. The van der Waals surface area contributed by atoms with Gasteiger partial charge in [-0.1, -0.05) is 60.7 Å². The molecule has 0 saturated carbocycles. The average Bonchev–Trinajstić information content (AvgIpc) is 3.76. The van der Waals surface area contributed by atoms with Gasteiger partial charge < -0.3 is 23.7 Å². The van der Waals surface area contributed by atoms with E-state index in [0.29, 0.717) is 31.2 Å². The number of hydrogen-bond donors (Lipinski definition) is 0. The normalized spacial score (nSPS) is 15.1. The molecule has 7 rings (SSSR count). The van der Waals surface area contributed by atoms with Gasteiger partial charge in [0.05, 0.1) is 30.7 Å². The highest BCUT2D eigenvalue weighted by Crippen LogP contribution is 2.33. The predicted molar refractivity (Wildman–Crippen MR) is 189 cm³/mol. The second-order valence-corrected chi connectivity index (χ2v) is 13.1. The number of likely N-dealkylation sites (tertiary alicyclic amines) is 1. The summed E-state index contributed by atoms with van der Waals surface area (Å²) >= 11 is 0. The Morgan fingerprint density at radius 3 is 2.58 bits per heavy atom. The van der Waals surface area contributed by atoms with E-state index in [9.17, 15) is 9.59 Å². The van der Waals surface area contributed by atoms with Crippen molar-refractivity contribution in [2.45, 2.75) is 38.8 Å². The minimum Gasteiger partial charge on any atom is -0.383 e. The molecule has 48 heavy (non-hydrogen) atoms. The molecule has 0 N–H and O–H groups in total. The fourth-order valence-corrected chi connectivity index (χ4v) is 7.30. The SMILES string of the molecule is COCCN(C)C(=O)c1cn(Cc2cncn2CC2CCN(C(=O)N3CCCc4ccccc43)CC2)cc1-c1cccc2ccccc12. The number of piperidine rings is 1. The van der Waals surface area contributed by atoms with E-state index in [2.05, 4.69) is 68.8 Å². The number of rotatable bonds is 9. The van der Waals surface area contributed by atoms with Crippen LogP contribution in [0.3, 0.4) is 0 Å². The molecule has 2 aromatic heterocycles. The van der Waals surface area contributed by atoms with Crippen molar-refractivity contribution in [3.8, 4) is 11.1 Å². The lowest BCUT2D eigenvalue weighted by Gasteiger charge is -2.38. The molecule has 2 aliphatic rings. The summed E-state index contributed by atoms with van der Waals surface area (Å²) in [6.07, 6.45) is 11.9. The first-order chi connectivity index (χ1) is 23.5. The highest BCUT2D eigenvalue weighted by molar-refractivity contribution is 6.06. The monoisotopic (exact) mass is 644 g/mol. The largest absolute Gasteiger partial charge is 0.383 e. The quantitative estimate of drug-likeness (QED) is 0.182. The summed E-state index contributed by atoms with van der Waals surface area (Å²) in [5, 5.41) is 2.26. The minimum atomic E-state index is -0.0309. The molecule has 0 unspecified atom stereocenters. The van der Waals surface area contributed by atoms with E-state index in [4.69, 9.17) is 4.74 Å². The first-order valence-corrected chi connectivity index (χ1v) is 17.1. The number of benzene rings is 3. The highest BCUT2D eigenvalue weighted by Gasteiger charge is 2.30. The van der Waals surface area contributed by atoms with Gasteiger partial charge in [-0.3, -0.25) is 9.69 Å². The molecular weight excluding hydrogens is 600 g/mol. The number of carbonyl (C=O) groups is 2. The number of imidazole rings is 1. The van der Waals surface area contributed by atoms with Crippen LogP contribution in [-0.2, 0) is 24.2 Å². The molecule has 0 spiro atoms. The molecule has 3 aromatic carbocycles. The number of para-hydroxylation sites is 1. The average molecular weight is 645 g/mol. The number of nitrogens with zero attached hydrogens (tertiary/aromatic N) is 6. The molecule has 4 heterocycles. The van der Waals surface area contributed by atoms with Crippen molar-refractivity contribution in [2.24, 2.45) is 5.92 Å². The Morgan fingerprint density at radius 1 is 0.938 bits per heavy atom. The number of methoxy groups -OCH3 is 1. The zero-order valence-corrected chi connectivity index (χ0v) is 27.9. The zero-order chi connectivity index (χ0) is 33.0. The highest BCUT2D eigenvalue weighted by atomic mass is 16.5. The zero-order valence-electron chi connectivity index (χ0n) is 27.9. The van der Waals surface area contributed by atoms with Crippen LogP contribution in [0.4, 0.5) is 10.5 Å². The van der Waals surface area contributed by atoms with Gasteiger partial charge in [0.15, 0.2) is 0 Å². The summed E-state index contributed by atoms with van der Waals surface area (Å²) in [6, 6.07) is 23.0. The number of hydrogen-bond acceptors (Lipinski definition) is 4. The lowest BCUT2D eigenvalue weighted by Crippen LogP contribution is -2.48. The van der Waals surface area contributed by atoms with Gasteiger partial charge in [-0.15, -0.1) is 0 Å². The fourth-order valence-electron chi connectivity index (χ4n) is 7.30. The molecule has 0 radical (unpaired) electrons. The summed E-state index contributed by atoms with van der Waals surface area (Å²) in [6.45, 7) is 4.75. The van der Waals surface area contributed by atoms with Crippen LogP contribution in [-0.4, -0.2) is 82.8 Å². The predicted octanol–water partition coefficient (Wildman–Crippen LogP) is 6.56. The van der Waals surface area contributed by atoms with E-state index in [1.165, 1.54) is 5.56 Å². The summed E-state index contributed by atoms with van der Waals surface area (Å²) in [7, 11) is 3.47. The topological polar surface area (TPSA) is 75.8 Å². The first kappa shape index (κ1) is 31.7. The maximum absolute atomic E-state index is 13.8. The fraction of sp³-hybridized carbons (Fsp3) is 0.359. The number of aryl methyl sites for hydroxylation is 1. The molecule has 9 heteroatoms. The second-order valence-electron chi connectivity index (χ2n) is 13.1. The van der Waals surface area contributed by atoms with Crippen molar-refractivity contribution >= 4 is 28.4 Å². The van der Waals surface area contributed by atoms with E-state index in [1.807, 2.05) is 53.8 Å². The van der Waals surface area contributed by atoms with Crippen LogP contribution in [0.25, 0.3) is 21.9 Å². The minimum absolute atomic E-state index is 0.0309. The Labute approximate surface area is 282 Å². The number of fused-ring (bicyclic) bond motifs is 2. The standard InChI is InChI=1S/C39H44N6O3/c1-41(21-22-48-2)38(46)36-27-42(26-35(36)34-14-7-11-30-9-3-5-13-33(30)34)25-32-23-40-28-44(32)24-29-16-19-43(20-17-29)39(47)45-18-8-12-31-10-4-6-15-37(31)45/h3-7,9-11,13-15,23,26-29H,8,12,16-22,24-25H2,1-2H3. The molecule has 9 nitrogen and oxygen atoms in total. The van der Waals surface area contributed by atoms with Gasteiger partial charge in [-0.25, -0.2) is 9.78 Å². The van der Waals surface area contributed by atoms with E-state index < -0.39 is 0 Å². The van der Waals surface area contributed by atoms with Crippen LogP contribution < -0.4 is 4.90 Å². The third-order valence-electron chi connectivity index (χ3n) is 9.99. The van der Waals surface area contributed by atoms with Gasteiger partial charge >= 0.3 is 6.03 Å². The third-order valence-corrected chi connectivity index (χ3v) is 9.99. The van der Waals surface area contributed by atoms with Gasteiger partial charge in [0.25, 0.3) is 5.91 Å². The Bertz CT molecular complexity index is 1900. The number of amides is 3. The van der Waals surface area contributed by atoms with Crippen LogP contribution in [0.5, 0.6) is 0 Å². The van der Waals surface area contributed by atoms with E-state index in [0.717, 1.165) is 85.1 Å². The van der Waals surface area contributed by atoms with Crippen LogP contribution >= 0.6 is 0 Å². The summed E-state index contributed by atoms with van der Waals surface area (Å²) < 4.78 is 9.60. The lowest BCUT2D eigenvalue weighted by atomic mass is 9.96. The number of likely N-dealkylation sites (N-methyl/N-ethyl adjacent to an activating group) is 1.